The number of aliphatic carboxylic acids is 1. The van der Waals surface area contributed by atoms with E-state index in [1.54, 1.807) is 0 Å². The van der Waals surface area contributed by atoms with Crippen LogP contribution in [0.5, 0.6) is 0 Å². The average Bonchev–Trinajstić information content (AvgIpc) is 3.12. The number of nitrogens with zero attached hydrogens (tertiary/aromatic N) is 1. The summed E-state index contributed by atoms with van der Waals surface area (Å²) in [6.45, 7) is 9.34. The minimum atomic E-state index is -1.06. The van der Waals surface area contributed by atoms with E-state index < -0.39 is 12.1 Å². The number of carbonyl (C=O) groups is 3. The van der Waals surface area contributed by atoms with E-state index in [-0.39, 0.29) is 30.3 Å². The summed E-state index contributed by atoms with van der Waals surface area (Å²) in [6.07, 6.45) is 28.2. The Labute approximate surface area is 323 Å². The number of carbonyl (C=O) groups excluding carboxylic acids is 2. The Morgan fingerprint density at radius 1 is 0.717 bits per heavy atom. The molecule has 10 heteroatoms. The number of nitrogens with one attached hydrogen (secondary N) is 2. The van der Waals surface area contributed by atoms with Gasteiger partial charge in [-0.2, -0.15) is 0 Å². The minimum Gasteiger partial charge on any atom is -0.481 e. The molecule has 1 unspecified atom stereocenters. The first kappa shape index (κ1) is 47.0. The van der Waals surface area contributed by atoms with Crippen LogP contribution in [0, 0.1) is 0 Å². The molecule has 0 spiro atoms. The summed E-state index contributed by atoms with van der Waals surface area (Å²) in [5.41, 5.74) is 1.10. The van der Waals surface area contributed by atoms with E-state index in [1.165, 1.54) is 64.2 Å². The quantitative estimate of drug-likeness (QED) is 0.0359. The standard InChI is InChI=1S/C43H79N3O7/c1-3-5-7-9-13-19-26-37(27-20-14-10-8-6-4-2)53-39(49)29-22-16-12-18-24-32-46(31-23-17-11-15-21-28-38(47)48)33-25-30-44-40-41(43(51)42(40)50)45-36-34-52-35-36/h36-37,42,44-45,50H,3-35H2,1-2H3,(H,47,48). The Morgan fingerprint density at radius 3 is 1.74 bits per heavy atom. The maximum atomic E-state index is 12.8. The van der Waals surface area contributed by atoms with Crippen LogP contribution in [0.1, 0.15) is 187 Å². The maximum Gasteiger partial charge on any atom is 0.306 e. The van der Waals surface area contributed by atoms with Crippen molar-refractivity contribution in [1.82, 2.24) is 15.5 Å². The first-order chi connectivity index (χ1) is 25.8. The molecule has 0 aromatic heterocycles. The van der Waals surface area contributed by atoms with Crippen LogP contribution in [0.2, 0.25) is 0 Å². The second-order valence-corrected chi connectivity index (χ2v) is 15.7. The van der Waals surface area contributed by atoms with Crippen molar-refractivity contribution < 1.29 is 34.1 Å². The van der Waals surface area contributed by atoms with Crippen LogP contribution in [-0.4, -0.2) is 90.5 Å². The summed E-state index contributed by atoms with van der Waals surface area (Å²) in [5, 5.41) is 25.5. The molecule has 1 saturated heterocycles. The number of esters is 1. The molecule has 10 nitrogen and oxygen atoms in total. The first-order valence-corrected chi connectivity index (χ1v) is 22.0. The second-order valence-electron chi connectivity index (χ2n) is 15.7. The highest BCUT2D eigenvalue weighted by atomic mass is 16.5. The number of Topliss-reactive ketones (excluding diaryl/α,β-unsaturated/α-hetero) is 1. The zero-order valence-corrected chi connectivity index (χ0v) is 33.9. The van der Waals surface area contributed by atoms with Gasteiger partial charge >= 0.3 is 11.9 Å². The van der Waals surface area contributed by atoms with Crippen molar-refractivity contribution in [3.63, 3.8) is 0 Å². The van der Waals surface area contributed by atoms with Crippen molar-refractivity contribution in [3.8, 4) is 0 Å². The largest absolute Gasteiger partial charge is 0.481 e. The fraction of sp³-hybridized carbons (Fsp3) is 0.884. The van der Waals surface area contributed by atoms with Gasteiger partial charge in [0, 0.05) is 19.4 Å². The molecule has 0 saturated carbocycles. The number of carboxylic acid groups (broad SMARTS) is 1. The molecule has 0 bridgehead atoms. The zero-order valence-electron chi connectivity index (χ0n) is 33.9. The van der Waals surface area contributed by atoms with E-state index in [0.29, 0.717) is 37.6 Å². The third kappa shape index (κ3) is 22.7. The van der Waals surface area contributed by atoms with Gasteiger partial charge in [0.25, 0.3) is 0 Å². The van der Waals surface area contributed by atoms with E-state index in [1.807, 2.05) is 0 Å². The molecule has 0 aromatic carbocycles. The van der Waals surface area contributed by atoms with Crippen molar-refractivity contribution >= 4 is 17.7 Å². The fourth-order valence-electron chi connectivity index (χ4n) is 7.27. The van der Waals surface area contributed by atoms with Gasteiger partial charge in [-0.3, -0.25) is 14.4 Å². The van der Waals surface area contributed by atoms with Gasteiger partial charge < -0.3 is 35.2 Å². The fourth-order valence-corrected chi connectivity index (χ4v) is 7.27. The summed E-state index contributed by atoms with van der Waals surface area (Å²) in [7, 11) is 0. The summed E-state index contributed by atoms with van der Waals surface area (Å²) in [6, 6.07) is 0.137. The van der Waals surface area contributed by atoms with Crippen LogP contribution in [0.15, 0.2) is 11.4 Å². The van der Waals surface area contributed by atoms with Crippen molar-refractivity contribution in [2.24, 2.45) is 0 Å². The smallest absolute Gasteiger partial charge is 0.306 e. The van der Waals surface area contributed by atoms with Gasteiger partial charge in [0.05, 0.1) is 25.0 Å². The lowest BCUT2D eigenvalue weighted by molar-refractivity contribution is -0.150. The monoisotopic (exact) mass is 750 g/mol. The molecule has 0 amide bonds. The van der Waals surface area contributed by atoms with Gasteiger partial charge in [-0.05, 0) is 77.4 Å². The second kappa shape index (κ2) is 31.1. The number of aliphatic hydroxyl groups is 1. The van der Waals surface area contributed by atoms with E-state index in [2.05, 4.69) is 29.4 Å². The summed E-state index contributed by atoms with van der Waals surface area (Å²) < 4.78 is 11.2. The number of aliphatic hydroxyl groups excluding tert-OH is 1. The lowest BCUT2D eigenvalue weighted by Crippen LogP contribution is -2.54. The minimum absolute atomic E-state index is 0.00999. The summed E-state index contributed by atoms with van der Waals surface area (Å²) >= 11 is 0. The summed E-state index contributed by atoms with van der Waals surface area (Å²) in [4.78, 5) is 38.3. The van der Waals surface area contributed by atoms with E-state index in [0.717, 1.165) is 116 Å². The molecule has 1 aliphatic carbocycles. The predicted molar refractivity (Wildman–Crippen MR) is 214 cm³/mol. The van der Waals surface area contributed by atoms with E-state index >= 15 is 0 Å². The highest BCUT2D eigenvalue weighted by Gasteiger charge is 2.39. The molecule has 4 N–H and O–H groups in total. The molecule has 2 rings (SSSR count). The van der Waals surface area contributed by atoms with Gasteiger partial charge in [-0.1, -0.05) is 117 Å². The Morgan fingerprint density at radius 2 is 1.21 bits per heavy atom. The van der Waals surface area contributed by atoms with Crippen LogP contribution in [-0.2, 0) is 23.9 Å². The number of carboxylic acids is 1. The number of ether oxygens (including phenoxy) is 2. The number of rotatable bonds is 38. The molecule has 1 aliphatic heterocycles. The Hall–Kier alpha value is -2.17. The highest BCUT2D eigenvalue weighted by molar-refractivity contribution is 6.08. The SMILES string of the molecule is CCCCCCCCC(CCCCCCCC)OC(=O)CCCCCCCN(CCCCCCCC(=O)O)CCCNC1=C(NC2COC2)C(=O)C1O. The number of unbranched alkanes of at least 4 members (excludes halogenated alkanes) is 18. The van der Waals surface area contributed by atoms with Crippen LogP contribution in [0.4, 0.5) is 0 Å². The van der Waals surface area contributed by atoms with Crippen molar-refractivity contribution in [2.45, 2.75) is 205 Å². The molecular formula is C43H79N3O7. The van der Waals surface area contributed by atoms with E-state index in [4.69, 9.17) is 14.6 Å². The van der Waals surface area contributed by atoms with Crippen LogP contribution in [0.3, 0.4) is 0 Å². The molecule has 53 heavy (non-hydrogen) atoms. The van der Waals surface area contributed by atoms with Gasteiger partial charge in [-0.25, -0.2) is 0 Å². The molecule has 2 aliphatic rings. The molecule has 0 radical (unpaired) electrons. The lowest BCUT2D eigenvalue weighted by Gasteiger charge is -2.35. The first-order valence-electron chi connectivity index (χ1n) is 22.0. The normalized spacial score (nSPS) is 15.9. The highest BCUT2D eigenvalue weighted by Crippen LogP contribution is 2.22. The zero-order chi connectivity index (χ0) is 38.4. The van der Waals surface area contributed by atoms with Gasteiger partial charge in [0.2, 0.25) is 5.78 Å². The molecule has 1 heterocycles. The van der Waals surface area contributed by atoms with Crippen LogP contribution >= 0.6 is 0 Å². The van der Waals surface area contributed by atoms with Crippen molar-refractivity contribution in [1.29, 1.82) is 0 Å². The van der Waals surface area contributed by atoms with Crippen molar-refractivity contribution in [3.05, 3.63) is 11.4 Å². The number of hydrogen-bond acceptors (Lipinski definition) is 9. The third-order valence-corrected chi connectivity index (χ3v) is 10.8. The van der Waals surface area contributed by atoms with Gasteiger partial charge in [-0.15, -0.1) is 0 Å². The molecule has 1 fully saturated rings. The van der Waals surface area contributed by atoms with Crippen molar-refractivity contribution in [2.75, 3.05) is 39.4 Å². The maximum absolute atomic E-state index is 12.8. The Bertz CT molecular complexity index is 986. The van der Waals surface area contributed by atoms with Gasteiger partial charge in [0.1, 0.15) is 11.8 Å². The van der Waals surface area contributed by atoms with E-state index in [9.17, 15) is 19.5 Å². The van der Waals surface area contributed by atoms with Crippen LogP contribution in [0.25, 0.3) is 0 Å². The Balaban J connectivity index is 1.67. The topological polar surface area (TPSA) is 137 Å². The molecule has 1 atom stereocenters. The van der Waals surface area contributed by atoms with Crippen LogP contribution < -0.4 is 10.6 Å². The Kier molecular flexibility index (Phi) is 27.6. The number of hydrogen-bond donors (Lipinski definition) is 4. The number of ketones is 1. The molecule has 308 valence electrons. The predicted octanol–water partition coefficient (Wildman–Crippen LogP) is 8.59. The summed E-state index contributed by atoms with van der Waals surface area (Å²) in [5.74, 6) is -0.979. The molecule has 0 aromatic rings. The molecular weight excluding hydrogens is 670 g/mol. The lowest BCUT2D eigenvalue weighted by atomic mass is 9.94. The third-order valence-electron chi connectivity index (χ3n) is 10.8. The average molecular weight is 750 g/mol. The van der Waals surface area contributed by atoms with Gasteiger partial charge in [0.15, 0.2) is 6.10 Å².